The van der Waals surface area contributed by atoms with Crippen molar-refractivity contribution in [1.82, 2.24) is 0 Å². The lowest BCUT2D eigenvalue weighted by Gasteiger charge is -2.45. The first-order valence-electron chi connectivity index (χ1n) is 25.0. The summed E-state index contributed by atoms with van der Waals surface area (Å²) in [7, 11) is 0. The van der Waals surface area contributed by atoms with Crippen LogP contribution in [0.15, 0.2) is 146 Å². The molecule has 342 valence electrons. The van der Waals surface area contributed by atoms with E-state index in [0.717, 1.165) is 0 Å². The summed E-state index contributed by atoms with van der Waals surface area (Å²) in [5, 5.41) is 9.18. The normalized spacial score (nSPS) is 14.1. The highest BCUT2D eigenvalue weighted by molar-refractivity contribution is 7.33. The molecule has 0 bridgehead atoms. The van der Waals surface area contributed by atoms with Crippen molar-refractivity contribution in [2.45, 2.75) is 112 Å². The fourth-order valence-electron chi connectivity index (χ4n) is 11.4. The standard InChI is InChI=1S/C65H63BN2S/c1-38-17-26-48(27-18-38)67-54-36-47(65(11,12)13)37-55-59(54)66(61-60(67)50-34-45(63(5,6)7)25-30-56(50)69-61)51-35-46(64(8,9)10)24-29-53(51)68(55)52-28-23-44(62(2,3)4)33-49(52)43-31-41-21-19-39-15-14-16-40-20-22-42(32-43)58(41)57(39)40/h14-37H,1-13H3. The third-order valence-electron chi connectivity index (χ3n) is 15.4. The largest absolute Gasteiger partial charge is 0.311 e. The van der Waals surface area contributed by atoms with Crippen LogP contribution in [-0.4, -0.2) is 6.71 Å². The number of hydrogen-bond acceptors (Lipinski definition) is 3. The number of nitrogens with zero attached hydrogens (tertiary/aromatic N) is 2. The van der Waals surface area contributed by atoms with Crippen LogP contribution in [-0.2, 0) is 21.7 Å². The third-order valence-corrected chi connectivity index (χ3v) is 16.7. The lowest BCUT2D eigenvalue weighted by molar-refractivity contribution is 0.590. The molecule has 0 amide bonds. The Hall–Kier alpha value is -6.36. The molecule has 12 rings (SSSR count). The predicted molar refractivity (Wildman–Crippen MR) is 305 cm³/mol. The lowest BCUT2D eigenvalue weighted by Crippen LogP contribution is -2.60. The zero-order valence-corrected chi connectivity index (χ0v) is 43.6. The van der Waals surface area contributed by atoms with Crippen LogP contribution in [0, 0.1) is 6.92 Å². The topological polar surface area (TPSA) is 6.48 Å². The van der Waals surface area contributed by atoms with E-state index in [1.54, 1.807) is 0 Å². The Labute approximate surface area is 414 Å². The van der Waals surface area contributed by atoms with Gasteiger partial charge in [-0.25, -0.2) is 0 Å². The Morgan fingerprint density at radius 1 is 0.435 bits per heavy atom. The van der Waals surface area contributed by atoms with Gasteiger partial charge in [0, 0.05) is 43.2 Å². The second-order valence-electron chi connectivity index (χ2n) is 24.4. The number of hydrogen-bond donors (Lipinski definition) is 0. The van der Waals surface area contributed by atoms with Crippen LogP contribution in [0.1, 0.15) is 111 Å². The van der Waals surface area contributed by atoms with Crippen molar-refractivity contribution in [3.05, 3.63) is 173 Å². The number of aryl methyl sites for hydroxylation is 1. The Kier molecular flexibility index (Phi) is 9.43. The SMILES string of the molecule is Cc1ccc(N2c3cc(C(C)(C)C)cc4c3B(c3cc(C(C)(C)C)ccc3N4c3ccc(C(C)(C)C)cc3-c3cc4ccc5cccc6ccc(c3)c4c56)c3sc4ccc(C(C)(C)C)cc4c32)cc1. The summed E-state index contributed by atoms with van der Waals surface area (Å²) >= 11 is 1.99. The quantitative estimate of drug-likeness (QED) is 0.129. The highest BCUT2D eigenvalue weighted by atomic mass is 32.1. The molecular formula is C65H63BN2S. The summed E-state index contributed by atoms with van der Waals surface area (Å²) < 4.78 is 2.75. The second kappa shape index (κ2) is 14.8. The Morgan fingerprint density at radius 3 is 1.57 bits per heavy atom. The molecule has 0 N–H and O–H groups in total. The van der Waals surface area contributed by atoms with E-state index < -0.39 is 0 Å². The lowest BCUT2D eigenvalue weighted by atomic mass is 9.36. The Morgan fingerprint density at radius 2 is 0.957 bits per heavy atom. The maximum Gasteiger partial charge on any atom is 0.264 e. The summed E-state index contributed by atoms with van der Waals surface area (Å²) in [5.74, 6) is 0. The van der Waals surface area contributed by atoms with Gasteiger partial charge in [0.2, 0.25) is 0 Å². The number of anilines is 6. The molecule has 9 aromatic carbocycles. The molecule has 0 atom stereocenters. The van der Waals surface area contributed by atoms with Crippen molar-refractivity contribution in [2.24, 2.45) is 0 Å². The van der Waals surface area contributed by atoms with Crippen molar-refractivity contribution in [3.63, 3.8) is 0 Å². The molecule has 0 radical (unpaired) electrons. The highest BCUT2D eigenvalue weighted by Gasteiger charge is 2.47. The van der Waals surface area contributed by atoms with Gasteiger partial charge in [0.15, 0.2) is 0 Å². The van der Waals surface area contributed by atoms with Crippen LogP contribution in [0.5, 0.6) is 0 Å². The van der Waals surface area contributed by atoms with Crippen molar-refractivity contribution in [1.29, 1.82) is 0 Å². The van der Waals surface area contributed by atoms with Crippen molar-refractivity contribution in [3.8, 4) is 11.1 Å². The first-order chi connectivity index (χ1) is 32.6. The summed E-state index contributed by atoms with van der Waals surface area (Å²) in [5.41, 5.74) is 19.1. The van der Waals surface area contributed by atoms with Crippen LogP contribution >= 0.6 is 11.3 Å². The molecule has 69 heavy (non-hydrogen) atoms. The molecule has 1 aromatic heterocycles. The molecule has 0 unspecified atom stereocenters. The van der Waals surface area contributed by atoms with Gasteiger partial charge in [-0.15, -0.1) is 11.3 Å². The van der Waals surface area contributed by atoms with Crippen LogP contribution < -0.4 is 25.5 Å². The Balaban J connectivity index is 1.21. The van der Waals surface area contributed by atoms with E-state index in [1.807, 2.05) is 11.3 Å². The first kappa shape index (κ1) is 43.9. The van der Waals surface area contributed by atoms with Gasteiger partial charge in [0.1, 0.15) is 0 Å². The van der Waals surface area contributed by atoms with E-state index in [4.69, 9.17) is 0 Å². The number of rotatable bonds is 3. The van der Waals surface area contributed by atoms with E-state index in [1.165, 1.54) is 131 Å². The molecule has 3 heterocycles. The van der Waals surface area contributed by atoms with Gasteiger partial charge < -0.3 is 9.80 Å². The summed E-state index contributed by atoms with van der Waals surface area (Å²) in [6.45, 7) is 30.5. The molecule has 0 saturated carbocycles. The molecule has 2 aliphatic heterocycles. The van der Waals surface area contributed by atoms with Gasteiger partial charge in [0.05, 0.1) is 11.4 Å². The summed E-state index contributed by atoms with van der Waals surface area (Å²) in [6.07, 6.45) is 0. The highest BCUT2D eigenvalue weighted by Crippen LogP contribution is 2.52. The van der Waals surface area contributed by atoms with E-state index in [2.05, 4.69) is 245 Å². The zero-order valence-electron chi connectivity index (χ0n) is 42.7. The third kappa shape index (κ3) is 6.87. The average Bonchev–Trinajstić information content (AvgIpc) is 3.68. The molecule has 0 fully saturated rings. The predicted octanol–water partition coefficient (Wildman–Crippen LogP) is 17.0. The molecule has 2 nitrogen and oxygen atoms in total. The maximum absolute atomic E-state index is 2.67. The van der Waals surface area contributed by atoms with Gasteiger partial charge in [0.25, 0.3) is 6.71 Å². The van der Waals surface area contributed by atoms with Crippen LogP contribution in [0.3, 0.4) is 0 Å². The van der Waals surface area contributed by atoms with Crippen molar-refractivity contribution >= 4 is 110 Å². The summed E-state index contributed by atoms with van der Waals surface area (Å²) in [4.78, 5) is 5.31. The molecular weight excluding hydrogens is 852 g/mol. The Bertz CT molecular complexity index is 3670. The molecule has 0 saturated heterocycles. The van der Waals surface area contributed by atoms with Gasteiger partial charge in [-0.05, 0) is 166 Å². The van der Waals surface area contributed by atoms with Gasteiger partial charge in [-0.2, -0.15) is 0 Å². The molecule has 0 aliphatic carbocycles. The number of benzene rings is 9. The fraction of sp³-hybridized carbons (Fsp3) is 0.262. The van der Waals surface area contributed by atoms with Crippen LogP contribution in [0.2, 0.25) is 0 Å². The number of fused-ring (bicyclic) bond motifs is 6. The first-order valence-corrected chi connectivity index (χ1v) is 25.8. The second-order valence-corrected chi connectivity index (χ2v) is 25.5. The average molecular weight is 915 g/mol. The van der Waals surface area contributed by atoms with Crippen LogP contribution in [0.25, 0.3) is 53.5 Å². The molecule has 10 aromatic rings. The van der Waals surface area contributed by atoms with Crippen LogP contribution in [0.4, 0.5) is 34.1 Å². The molecule has 4 heteroatoms. The minimum atomic E-state index is -0.133. The van der Waals surface area contributed by atoms with Gasteiger partial charge in [-0.1, -0.05) is 168 Å². The van der Waals surface area contributed by atoms with E-state index >= 15 is 0 Å². The smallest absolute Gasteiger partial charge is 0.264 e. The minimum Gasteiger partial charge on any atom is -0.311 e. The van der Waals surface area contributed by atoms with E-state index in [9.17, 15) is 0 Å². The van der Waals surface area contributed by atoms with E-state index in [-0.39, 0.29) is 28.4 Å². The zero-order chi connectivity index (χ0) is 48.3. The van der Waals surface area contributed by atoms with Crippen molar-refractivity contribution < 1.29 is 0 Å². The molecule has 2 aliphatic rings. The van der Waals surface area contributed by atoms with Gasteiger partial charge in [-0.3, -0.25) is 0 Å². The van der Waals surface area contributed by atoms with Crippen molar-refractivity contribution in [2.75, 3.05) is 9.80 Å². The minimum absolute atomic E-state index is 0.00638. The number of thiophene rings is 1. The summed E-state index contributed by atoms with van der Waals surface area (Å²) in [6, 6.07) is 57.3. The van der Waals surface area contributed by atoms with E-state index in [0.29, 0.717) is 0 Å². The monoisotopic (exact) mass is 914 g/mol. The maximum atomic E-state index is 2.67. The van der Waals surface area contributed by atoms with Gasteiger partial charge >= 0.3 is 0 Å². The molecule has 0 spiro atoms. The fourth-order valence-corrected chi connectivity index (χ4v) is 12.7.